The number of rotatable bonds is 5. The molecule has 9 nitrogen and oxygen atoms in total. The molecule has 0 aliphatic rings. The summed E-state index contributed by atoms with van der Waals surface area (Å²) >= 11 is 0. The Hall–Kier alpha value is -4.21. The van der Waals surface area contributed by atoms with Crippen molar-refractivity contribution in [3.05, 3.63) is 88.5 Å². The van der Waals surface area contributed by atoms with E-state index in [4.69, 9.17) is 4.52 Å². The van der Waals surface area contributed by atoms with E-state index in [-0.39, 0.29) is 35.9 Å². The van der Waals surface area contributed by atoms with E-state index in [0.717, 1.165) is 5.56 Å². The van der Waals surface area contributed by atoms with E-state index in [1.807, 2.05) is 30.3 Å². The molecule has 30 heavy (non-hydrogen) atoms. The van der Waals surface area contributed by atoms with Gasteiger partial charge in [-0.3, -0.25) is 9.36 Å². The van der Waals surface area contributed by atoms with Crippen molar-refractivity contribution in [2.45, 2.75) is 13.1 Å². The fourth-order valence-electron chi connectivity index (χ4n) is 3.08. The second kappa shape index (κ2) is 7.32. The summed E-state index contributed by atoms with van der Waals surface area (Å²) in [5.74, 6) is 0.361. The second-order valence-corrected chi connectivity index (χ2v) is 6.60. The summed E-state index contributed by atoms with van der Waals surface area (Å²) < 4.78 is 21.4. The zero-order valence-electron chi connectivity index (χ0n) is 15.5. The Kier molecular flexibility index (Phi) is 4.36. The van der Waals surface area contributed by atoms with Crippen molar-refractivity contribution >= 4 is 11.2 Å². The van der Waals surface area contributed by atoms with E-state index in [2.05, 4.69) is 25.4 Å². The fourth-order valence-corrected chi connectivity index (χ4v) is 3.08. The molecule has 0 N–H and O–H groups in total. The van der Waals surface area contributed by atoms with E-state index in [1.165, 1.54) is 27.7 Å². The number of fused-ring (bicyclic) bond motifs is 1. The van der Waals surface area contributed by atoms with Gasteiger partial charge in [0.1, 0.15) is 18.7 Å². The van der Waals surface area contributed by atoms with Crippen LogP contribution in [0.15, 0.2) is 70.2 Å². The molecule has 0 spiro atoms. The summed E-state index contributed by atoms with van der Waals surface area (Å²) in [5, 5.41) is 11.9. The van der Waals surface area contributed by atoms with E-state index >= 15 is 0 Å². The molecule has 0 atom stereocenters. The third-order valence-corrected chi connectivity index (χ3v) is 4.52. The molecule has 3 aromatic heterocycles. The molecule has 0 fully saturated rings. The number of benzene rings is 2. The van der Waals surface area contributed by atoms with Gasteiger partial charge in [-0.15, -0.1) is 5.10 Å². The van der Waals surface area contributed by atoms with Crippen molar-refractivity contribution in [2.24, 2.45) is 0 Å². The van der Waals surface area contributed by atoms with Crippen molar-refractivity contribution in [1.82, 2.24) is 34.7 Å². The normalized spacial score (nSPS) is 11.2. The quantitative estimate of drug-likeness (QED) is 0.443. The van der Waals surface area contributed by atoms with Crippen LogP contribution in [0.5, 0.6) is 0 Å². The van der Waals surface area contributed by atoms with Crippen LogP contribution in [0.25, 0.3) is 22.6 Å². The Morgan fingerprint density at radius 3 is 2.73 bits per heavy atom. The SMILES string of the molecule is O=c1c2nnn(Cc3cccc(F)c3)c2ncn1Cc1nc(-c2ccccc2)no1. The lowest BCUT2D eigenvalue weighted by molar-refractivity contribution is 0.369. The highest BCUT2D eigenvalue weighted by atomic mass is 19.1. The first kappa shape index (κ1) is 17.9. The molecule has 148 valence electrons. The summed E-state index contributed by atoms with van der Waals surface area (Å²) in [7, 11) is 0. The average Bonchev–Trinajstić information content (AvgIpc) is 3.39. The van der Waals surface area contributed by atoms with Crippen LogP contribution >= 0.6 is 0 Å². The number of nitrogens with zero attached hydrogens (tertiary/aromatic N) is 7. The summed E-state index contributed by atoms with van der Waals surface area (Å²) in [6, 6.07) is 15.5. The van der Waals surface area contributed by atoms with Crippen LogP contribution in [0.1, 0.15) is 11.5 Å². The van der Waals surface area contributed by atoms with Crippen molar-refractivity contribution in [3.63, 3.8) is 0 Å². The number of halogens is 1. The summed E-state index contributed by atoms with van der Waals surface area (Å²) in [6.07, 6.45) is 1.38. The molecule has 3 heterocycles. The maximum Gasteiger partial charge on any atom is 0.283 e. The van der Waals surface area contributed by atoms with Crippen LogP contribution in [0.3, 0.4) is 0 Å². The monoisotopic (exact) mass is 403 g/mol. The fraction of sp³-hybridized carbons (Fsp3) is 0.100. The Morgan fingerprint density at radius 1 is 1.03 bits per heavy atom. The lowest BCUT2D eigenvalue weighted by Crippen LogP contribution is -2.21. The van der Waals surface area contributed by atoms with Gasteiger partial charge in [0.15, 0.2) is 11.2 Å². The van der Waals surface area contributed by atoms with Crippen LogP contribution in [0, 0.1) is 5.82 Å². The van der Waals surface area contributed by atoms with Gasteiger partial charge in [-0.2, -0.15) is 4.98 Å². The van der Waals surface area contributed by atoms with Crippen molar-refractivity contribution < 1.29 is 8.91 Å². The maximum absolute atomic E-state index is 13.4. The molecular weight excluding hydrogens is 389 g/mol. The van der Waals surface area contributed by atoms with E-state index < -0.39 is 0 Å². The average molecular weight is 403 g/mol. The molecule has 0 unspecified atom stereocenters. The molecule has 0 radical (unpaired) electrons. The van der Waals surface area contributed by atoms with Gasteiger partial charge in [-0.1, -0.05) is 52.8 Å². The first-order valence-corrected chi connectivity index (χ1v) is 9.08. The Balaban J connectivity index is 1.42. The van der Waals surface area contributed by atoms with Crippen LogP contribution in [0.2, 0.25) is 0 Å². The van der Waals surface area contributed by atoms with Gasteiger partial charge in [-0.05, 0) is 17.7 Å². The lowest BCUT2D eigenvalue weighted by Gasteiger charge is -2.03. The third kappa shape index (κ3) is 3.34. The smallest absolute Gasteiger partial charge is 0.283 e. The van der Waals surface area contributed by atoms with Gasteiger partial charge in [0.2, 0.25) is 11.7 Å². The molecule has 0 amide bonds. The molecular formula is C20H14FN7O2. The molecule has 0 aliphatic heterocycles. The standard InChI is InChI=1S/C20H14FN7O2/c21-15-8-4-5-13(9-15)10-28-19-17(24-26-28)20(29)27(12-22-19)11-16-23-18(25-30-16)14-6-2-1-3-7-14/h1-9,12H,10-11H2. The first-order valence-electron chi connectivity index (χ1n) is 9.08. The highest BCUT2D eigenvalue weighted by molar-refractivity contribution is 5.67. The Morgan fingerprint density at radius 2 is 1.90 bits per heavy atom. The minimum absolute atomic E-state index is 0.0539. The molecule has 5 aromatic rings. The molecule has 2 aromatic carbocycles. The van der Waals surface area contributed by atoms with Crippen LogP contribution in [-0.4, -0.2) is 34.7 Å². The third-order valence-electron chi connectivity index (χ3n) is 4.52. The van der Waals surface area contributed by atoms with E-state index in [9.17, 15) is 9.18 Å². The van der Waals surface area contributed by atoms with Gasteiger partial charge in [0, 0.05) is 5.56 Å². The first-order chi connectivity index (χ1) is 14.7. The topological polar surface area (TPSA) is 105 Å². The van der Waals surface area contributed by atoms with E-state index in [0.29, 0.717) is 17.0 Å². The van der Waals surface area contributed by atoms with Crippen molar-refractivity contribution in [2.75, 3.05) is 0 Å². The van der Waals surface area contributed by atoms with Gasteiger partial charge in [0.25, 0.3) is 5.56 Å². The maximum atomic E-state index is 13.4. The molecule has 0 aliphatic carbocycles. The van der Waals surface area contributed by atoms with Gasteiger partial charge >= 0.3 is 0 Å². The number of hydrogen-bond donors (Lipinski definition) is 0. The van der Waals surface area contributed by atoms with Crippen molar-refractivity contribution in [1.29, 1.82) is 0 Å². The molecule has 0 bridgehead atoms. The largest absolute Gasteiger partial charge is 0.337 e. The molecule has 0 saturated carbocycles. The van der Waals surface area contributed by atoms with Crippen LogP contribution in [-0.2, 0) is 13.1 Å². The molecule has 0 saturated heterocycles. The minimum atomic E-state index is -0.384. The summed E-state index contributed by atoms with van der Waals surface area (Å²) in [5.41, 5.74) is 1.54. The minimum Gasteiger partial charge on any atom is -0.337 e. The Bertz CT molecular complexity index is 1390. The predicted octanol–water partition coefficient (Wildman–Crippen LogP) is 2.27. The zero-order chi connectivity index (χ0) is 20.5. The number of hydrogen-bond acceptors (Lipinski definition) is 7. The molecule has 5 rings (SSSR count). The lowest BCUT2D eigenvalue weighted by atomic mass is 10.2. The van der Waals surface area contributed by atoms with Gasteiger partial charge in [0.05, 0.1) is 6.54 Å². The highest BCUT2D eigenvalue weighted by Crippen LogP contribution is 2.15. The molecule has 10 heteroatoms. The number of aromatic nitrogens is 7. The van der Waals surface area contributed by atoms with Crippen molar-refractivity contribution in [3.8, 4) is 11.4 Å². The highest BCUT2D eigenvalue weighted by Gasteiger charge is 2.15. The van der Waals surface area contributed by atoms with Crippen LogP contribution in [0.4, 0.5) is 4.39 Å². The summed E-state index contributed by atoms with van der Waals surface area (Å²) in [6.45, 7) is 0.299. The van der Waals surface area contributed by atoms with Gasteiger partial charge < -0.3 is 4.52 Å². The summed E-state index contributed by atoms with van der Waals surface area (Å²) in [4.78, 5) is 21.4. The Labute approximate surface area is 168 Å². The zero-order valence-corrected chi connectivity index (χ0v) is 15.5. The van der Waals surface area contributed by atoms with E-state index in [1.54, 1.807) is 12.1 Å². The van der Waals surface area contributed by atoms with Crippen LogP contribution < -0.4 is 5.56 Å². The second-order valence-electron chi connectivity index (χ2n) is 6.60. The predicted molar refractivity (Wildman–Crippen MR) is 104 cm³/mol. The van der Waals surface area contributed by atoms with Gasteiger partial charge in [-0.25, -0.2) is 14.1 Å².